The Balaban J connectivity index is 2.65. The molecule has 0 fully saturated rings. The minimum Gasteiger partial charge on any atom is -0.481 e. The number of carboxylic acids is 1. The first-order valence-electron chi connectivity index (χ1n) is 5.78. The molecule has 2 nitrogen and oxygen atoms in total. The maximum atomic E-state index is 11.2. The van der Waals surface area contributed by atoms with Gasteiger partial charge in [0.05, 0.1) is 5.92 Å². The molecule has 1 aromatic carbocycles. The summed E-state index contributed by atoms with van der Waals surface area (Å²) in [6.07, 6.45) is 1.42. The Bertz CT molecular complexity index is 376. The lowest BCUT2D eigenvalue weighted by atomic mass is 9.77. The number of carbonyl (C=O) groups is 1. The SMILES string of the molecule is CC(C)(C)C(CCc1ccc(Cl)cc1)C(=O)O. The van der Waals surface area contributed by atoms with Gasteiger partial charge in [-0.05, 0) is 36.0 Å². The van der Waals surface area contributed by atoms with Crippen molar-refractivity contribution in [2.45, 2.75) is 33.6 Å². The van der Waals surface area contributed by atoms with Crippen LogP contribution in [-0.2, 0) is 11.2 Å². The van der Waals surface area contributed by atoms with E-state index in [9.17, 15) is 9.90 Å². The number of halogens is 1. The maximum Gasteiger partial charge on any atom is 0.307 e. The number of aryl methyl sites for hydroxylation is 1. The summed E-state index contributed by atoms with van der Waals surface area (Å²) >= 11 is 5.80. The average molecular weight is 255 g/mol. The molecule has 0 radical (unpaired) electrons. The summed E-state index contributed by atoms with van der Waals surface area (Å²) in [7, 11) is 0. The molecule has 0 aliphatic carbocycles. The standard InChI is InChI=1S/C14H19ClO2/c1-14(2,3)12(13(16)17)9-6-10-4-7-11(15)8-5-10/h4-5,7-8,12H,6,9H2,1-3H3,(H,16,17). The maximum absolute atomic E-state index is 11.2. The number of hydrogen-bond acceptors (Lipinski definition) is 1. The Kier molecular flexibility index (Phi) is 4.58. The van der Waals surface area contributed by atoms with Crippen molar-refractivity contribution >= 4 is 17.6 Å². The lowest BCUT2D eigenvalue weighted by Crippen LogP contribution is -2.28. The zero-order valence-electron chi connectivity index (χ0n) is 10.5. The van der Waals surface area contributed by atoms with Gasteiger partial charge in [-0.2, -0.15) is 0 Å². The zero-order valence-corrected chi connectivity index (χ0v) is 11.3. The number of benzene rings is 1. The third-order valence-corrected chi connectivity index (χ3v) is 3.23. The minimum absolute atomic E-state index is 0.210. The van der Waals surface area contributed by atoms with Gasteiger partial charge < -0.3 is 5.11 Å². The highest BCUT2D eigenvalue weighted by molar-refractivity contribution is 6.30. The zero-order chi connectivity index (χ0) is 13.1. The van der Waals surface area contributed by atoms with E-state index in [2.05, 4.69) is 0 Å². The molecule has 0 aliphatic rings. The van der Waals surface area contributed by atoms with Gasteiger partial charge in [0.1, 0.15) is 0 Å². The molecule has 0 spiro atoms. The van der Waals surface area contributed by atoms with Crippen LogP contribution in [0.2, 0.25) is 5.02 Å². The second-order valence-corrected chi connectivity index (χ2v) is 5.86. The van der Waals surface area contributed by atoms with Crippen LogP contribution in [0.4, 0.5) is 0 Å². The van der Waals surface area contributed by atoms with E-state index < -0.39 is 5.97 Å². The molecule has 0 saturated carbocycles. The molecule has 0 bridgehead atoms. The molecule has 0 aromatic heterocycles. The molecular formula is C14H19ClO2. The molecule has 0 saturated heterocycles. The van der Waals surface area contributed by atoms with Crippen molar-refractivity contribution in [3.05, 3.63) is 34.9 Å². The number of aliphatic carboxylic acids is 1. The van der Waals surface area contributed by atoms with Crippen LogP contribution in [0.5, 0.6) is 0 Å². The Morgan fingerprint density at radius 1 is 1.29 bits per heavy atom. The number of rotatable bonds is 4. The van der Waals surface area contributed by atoms with E-state index in [1.807, 2.05) is 45.0 Å². The summed E-state index contributed by atoms with van der Waals surface area (Å²) in [6.45, 7) is 5.90. The summed E-state index contributed by atoms with van der Waals surface area (Å²) in [5, 5.41) is 9.92. The predicted molar refractivity (Wildman–Crippen MR) is 70.4 cm³/mol. The van der Waals surface area contributed by atoms with Gasteiger partial charge in [-0.1, -0.05) is 44.5 Å². The summed E-state index contributed by atoms with van der Waals surface area (Å²) in [6, 6.07) is 7.57. The second kappa shape index (κ2) is 5.54. The molecule has 1 atom stereocenters. The molecule has 17 heavy (non-hydrogen) atoms. The fourth-order valence-electron chi connectivity index (χ4n) is 1.89. The van der Waals surface area contributed by atoms with Crippen molar-refractivity contribution in [2.24, 2.45) is 11.3 Å². The molecule has 1 aromatic rings. The third kappa shape index (κ3) is 4.39. The van der Waals surface area contributed by atoms with E-state index in [-0.39, 0.29) is 11.3 Å². The van der Waals surface area contributed by atoms with Crippen molar-refractivity contribution in [3.8, 4) is 0 Å². The van der Waals surface area contributed by atoms with Gasteiger partial charge in [-0.15, -0.1) is 0 Å². The molecule has 1 rings (SSSR count). The van der Waals surface area contributed by atoms with Crippen LogP contribution < -0.4 is 0 Å². The lowest BCUT2D eigenvalue weighted by Gasteiger charge is -2.27. The van der Waals surface area contributed by atoms with Crippen molar-refractivity contribution in [2.75, 3.05) is 0 Å². The first-order valence-corrected chi connectivity index (χ1v) is 6.16. The van der Waals surface area contributed by atoms with E-state index in [1.54, 1.807) is 0 Å². The molecule has 0 amide bonds. The topological polar surface area (TPSA) is 37.3 Å². The molecule has 0 aliphatic heterocycles. The summed E-state index contributed by atoms with van der Waals surface area (Å²) in [4.78, 5) is 11.2. The van der Waals surface area contributed by atoms with E-state index in [4.69, 9.17) is 11.6 Å². The van der Waals surface area contributed by atoms with Crippen molar-refractivity contribution < 1.29 is 9.90 Å². The van der Waals surface area contributed by atoms with Crippen LogP contribution in [0.25, 0.3) is 0 Å². The van der Waals surface area contributed by atoms with Crippen LogP contribution >= 0.6 is 11.6 Å². The van der Waals surface area contributed by atoms with Crippen LogP contribution in [0.1, 0.15) is 32.8 Å². The summed E-state index contributed by atoms with van der Waals surface area (Å²) < 4.78 is 0. The van der Waals surface area contributed by atoms with E-state index in [1.165, 1.54) is 0 Å². The molecule has 1 unspecified atom stereocenters. The van der Waals surface area contributed by atoms with Gasteiger partial charge in [-0.3, -0.25) is 4.79 Å². The van der Waals surface area contributed by atoms with E-state index >= 15 is 0 Å². The fraction of sp³-hybridized carbons (Fsp3) is 0.500. The number of hydrogen-bond donors (Lipinski definition) is 1. The quantitative estimate of drug-likeness (QED) is 0.881. The fourth-order valence-corrected chi connectivity index (χ4v) is 2.01. The Morgan fingerprint density at radius 2 is 1.82 bits per heavy atom. The van der Waals surface area contributed by atoms with Gasteiger partial charge >= 0.3 is 5.97 Å². The smallest absolute Gasteiger partial charge is 0.307 e. The highest BCUT2D eigenvalue weighted by atomic mass is 35.5. The second-order valence-electron chi connectivity index (χ2n) is 5.42. The van der Waals surface area contributed by atoms with Crippen molar-refractivity contribution in [3.63, 3.8) is 0 Å². The van der Waals surface area contributed by atoms with Gasteiger partial charge in [0.2, 0.25) is 0 Å². The van der Waals surface area contributed by atoms with Crippen molar-refractivity contribution in [1.29, 1.82) is 0 Å². The van der Waals surface area contributed by atoms with Crippen LogP contribution in [0.3, 0.4) is 0 Å². The summed E-state index contributed by atoms with van der Waals surface area (Å²) in [5.41, 5.74) is 0.919. The first kappa shape index (κ1) is 14.0. The molecule has 3 heteroatoms. The minimum atomic E-state index is -0.716. The average Bonchev–Trinajstić information content (AvgIpc) is 2.18. The Labute approximate surface area is 108 Å². The van der Waals surface area contributed by atoms with Crippen LogP contribution in [-0.4, -0.2) is 11.1 Å². The first-order chi connectivity index (χ1) is 7.80. The molecular weight excluding hydrogens is 236 g/mol. The van der Waals surface area contributed by atoms with Gasteiger partial charge in [0.25, 0.3) is 0 Å². The molecule has 0 heterocycles. The van der Waals surface area contributed by atoms with Crippen LogP contribution in [0, 0.1) is 11.3 Å². The Hall–Kier alpha value is -1.02. The number of carboxylic acid groups (broad SMARTS) is 1. The summed E-state index contributed by atoms with van der Waals surface area (Å²) in [5.74, 6) is -1.04. The van der Waals surface area contributed by atoms with Gasteiger partial charge in [0, 0.05) is 5.02 Å². The van der Waals surface area contributed by atoms with Crippen molar-refractivity contribution in [1.82, 2.24) is 0 Å². The lowest BCUT2D eigenvalue weighted by molar-refractivity contribution is -0.145. The molecule has 1 N–H and O–H groups in total. The van der Waals surface area contributed by atoms with E-state index in [0.717, 1.165) is 12.0 Å². The highest BCUT2D eigenvalue weighted by Gasteiger charge is 2.30. The predicted octanol–water partition coefficient (Wildman–Crippen LogP) is 4.02. The third-order valence-electron chi connectivity index (χ3n) is 2.98. The van der Waals surface area contributed by atoms with E-state index in [0.29, 0.717) is 11.4 Å². The largest absolute Gasteiger partial charge is 0.481 e. The van der Waals surface area contributed by atoms with Gasteiger partial charge in [0.15, 0.2) is 0 Å². The monoisotopic (exact) mass is 254 g/mol. The van der Waals surface area contributed by atoms with Gasteiger partial charge in [-0.25, -0.2) is 0 Å². The van der Waals surface area contributed by atoms with Crippen LogP contribution in [0.15, 0.2) is 24.3 Å². The normalized spacial score (nSPS) is 13.4. The highest BCUT2D eigenvalue weighted by Crippen LogP contribution is 2.30. The molecule has 94 valence electrons. The Morgan fingerprint density at radius 3 is 2.24 bits per heavy atom.